The summed E-state index contributed by atoms with van der Waals surface area (Å²) >= 11 is 0. The van der Waals surface area contributed by atoms with E-state index in [4.69, 9.17) is 29.0 Å². The van der Waals surface area contributed by atoms with E-state index in [-0.39, 0.29) is 6.09 Å². The van der Waals surface area contributed by atoms with Crippen molar-refractivity contribution in [2.24, 2.45) is 5.92 Å². The Morgan fingerprint density at radius 2 is 1.91 bits per heavy atom. The Labute approximate surface area is 254 Å². The van der Waals surface area contributed by atoms with Gasteiger partial charge in [-0.25, -0.2) is 14.5 Å². The van der Waals surface area contributed by atoms with Crippen molar-refractivity contribution < 1.29 is 18.7 Å². The molecule has 0 spiro atoms. The van der Waals surface area contributed by atoms with Crippen LogP contribution in [0.1, 0.15) is 39.3 Å². The van der Waals surface area contributed by atoms with Crippen molar-refractivity contribution in [2.75, 3.05) is 36.5 Å². The van der Waals surface area contributed by atoms with Gasteiger partial charge in [0, 0.05) is 51.5 Å². The molecule has 1 aromatic carbocycles. The second-order valence-electron chi connectivity index (χ2n) is 13.6. The number of hydrogen-bond acceptors (Lipinski definition) is 9. The second-order valence-corrected chi connectivity index (χ2v) is 19.2. The van der Waals surface area contributed by atoms with Crippen LogP contribution < -0.4 is 15.5 Å². The molecule has 4 heterocycles. The molecule has 0 aliphatic carbocycles. The van der Waals surface area contributed by atoms with Gasteiger partial charge in [-0.05, 0) is 70.7 Å². The molecule has 0 bridgehead atoms. The van der Waals surface area contributed by atoms with E-state index in [1.54, 1.807) is 6.26 Å². The third-order valence-electron chi connectivity index (χ3n) is 7.54. The number of amides is 1. The van der Waals surface area contributed by atoms with Gasteiger partial charge in [0.15, 0.2) is 11.4 Å². The lowest BCUT2D eigenvalue weighted by atomic mass is 9.97. The van der Waals surface area contributed by atoms with Gasteiger partial charge in [-0.2, -0.15) is 10.1 Å². The lowest BCUT2D eigenvalue weighted by Gasteiger charge is -2.33. The number of ether oxygens (including phenoxy) is 2. The summed E-state index contributed by atoms with van der Waals surface area (Å²) in [7, 11) is -1.16. The summed E-state index contributed by atoms with van der Waals surface area (Å²) in [5.74, 6) is 1.65. The van der Waals surface area contributed by atoms with Crippen molar-refractivity contribution in [3.8, 4) is 0 Å². The predicted molar refractivity (Wildman–Crippen MR) is 173 cm³/mol. The first-order valence-corrected chi connectivity index (χ1v) is 18.8. The van der Waals surface area contributed by atoms with E-state index in [9.17, 15) is 4.79 Å². The third-order valence-corrected chi connectivity index (χ3v) is 9.24. The van der Waals surface area contributed by atoms with E-state index in [1.807, 2.05) is 44.5 Å². The van der Waals surface area contributed by atoms with Gasteiger partial charge >= 0.3 is 6.09 Å². The van der Waals surface area contributed by atoms with E-state index in [2.05, 4.69) is 47.3 Å². The number of piperidine rings is 1. The fraction of sp³-hybridized carbons (Fsp3) is 0.548. The van der Waals surface area contributed by atoms with Gasteiger partial charge in [-0.1, -0.05) is 19.6 Å². The molecule has 4 aromatic rings. The summed E-state index contributed by atoms with van der Waals surface area (Å²) in [6.07, 6.45) is 3.12. The first-order valence-electron chi connectivity index (χ1n) is 15.1. The second kappa shape index (κ2) is 12.5. The van der Waals surface area contributed by atoms with Gasteiger partial charge in [0.1, 0.15) is 17.8 Å². The summed E-state index contributed by atoms with van der Waals surface area (Å²) in [5, 5.41) is 12.1. The number of carbonyl (C=O) groups excluding carboxylic acids is 1. The van der Waals surface area contributed by atoms with E-state index in [0.717, 1.165) is 72.2 Å². The molecule has 0 saturated carbocycles. The van der Waals surface area contributed by atoms with Crippen molar-refractivity contribution in [1.82, 2.24) is 25.1 Å². The van der Waals surface area contributed by atoms with Crippen LogP contribution in [0.25, 0.3) is 22.0 Å². The molecule has 2 N–H and O–H groups in total. The highest BCUT2D eigenvalue weighted by Crippen LogP contribution is 2.31. The van der Waals surface area contributed by atoms with Crippen molar-refractivity contribution in [3.63, 3.8) is 0 Å². The maximum absolute atomic E-state index is 12.1. The fourth-order valence-corrected chi connectivity index (χ4v) is 5.94. The fourth-order valence-electron chi connectivity index (χ4n) is 5.18. The van der Waals surface area contributed by atoms with E-state index in [0.29, 0.717) is 30.7 Å². The van der Waals surface area contributed by atoms with Crippen LogP contribution in [0.3, 0.4) is 0 Å². The molecule has 1 amide bonds. The molecular formula is C31H45N7O4Si. The Morgan fingerprint density at radius 1 is 1.14 bits per heavy atom. The minimum atomic E-state index is -1.16. The van der Waals surface area contributed by atoms with Crippen LogP contribution in [0.2, 0.25) is 25.7 Å². The number of hydrogen-bond donors (Lipinski definition) is 2. The summed E-state index contributed by atoms with van der Waals surface area (Å²) in [4.78, 5) is 23.9. The molecule has 1 saturated heterocycles. The quantitative estimate of drug-likeness (QED) is 0.150. The standard InChI is InChI=1S/C31H45N7O4Si/c1-21-24-9-8-23(18-26(24)38(36-21)20-40-16-17-43(5,6)7)33-29-34-25-12-15-41-27(25)28(35-29)37-13-10-22(11-14-37)19-32-30(39)42-31(2,3)4/h8-9,12,15,18,22H,10-11,13-14,16-17,19-20H2,1-7H3,(H,32,39)(H,33,34,35). The zero-order chi connectivity index (χ0) is 30.8. The molecule has 0 unspecified atom stereocenters. The minimum absolute atomic E-state index is 0.370. The molecule has 0 radical (unpaired) electrons. The number of anilines is 3. The van der Waals surface area contributed by atoms with Crippen LogP contribution in [-0.4, -0.2) is 65.8 Å². The van der Waals surface area contributed by atoms with Gasteiger partial charge in [0.05, 0.1) is 17.5 Å². The maximum atomic E-state index is 12.1. The SMILES string of the molecule is Cc1nn(COCC[Si](C)(C)C)c2cc(Nc3nc(N4CCC(CNC(=O)OC(C)(C)C)CC4)c4occc4n3)ccc12. The largest absolute Gasteiger partial charge is 0.459 e. The van der Waals surface area contributed by atoms with Crippen molar-refractivity contribution in [2.45, 2.75) is 78.6 Å². The van der Waals surface area contributed by atoms with Crippen LogP contribution >= 0.6 is 0 Å². The molecule has 1 aliphatic heterocycles. The number of rotatable bonds is 10. The number of aromatic nitrogens is 4. The average molecular weight is 608 g/mol. The van der Waals surface area contributed by atoms with Crippen molar-refractivity contribution in [3.05, 3.63) is 36.2 Å². The molecule has 43 heavy (non-hydrogen) atoms. The minimum Gasteiger partial charge on any atom is -0.459 e. The molecule has 1 fully saturated rings. The number of nitrogens with zero attached hydrogens (tertiary/aromatic N) is 5. The van der Waals surface area contributed by atoms with Crippen LogP contribution in [0.4, 0.5) is 22.2 Å². The monoisotopic (exact) mass is 607 g/mol. The Kier molecular flexibility index (Phi) is 8.98. The maximum Gasteiger partial charge on any atom is 0.407 e. The molecule has 11 nitrogen and oxygen atoms in total. The normalized spacial score (nSPS) is 14.9. The summed E-state index contributed by atoms with van der Waals surface area (Å²) in [6, 6.07) is 9.16. The Balaban J connectivity index is 1.27. The number of benzene rings is 1. The number of aryl methyl sites for hydroxylation is 1. The van der Waals surface area contributed by atoms with Gasteiger partial charge in [0.25, 0.3) is 0 Å². The number of furan rings is 1. The number of carbonyl (C=O) groups is 1. The number of fused-ring (bicyclic) bond motifs is 2. The first-order chi connectivity index (χ1) is 20.3. The van der Waals surface area contributed by atoms with E-state index in [1.165, 1.54) is 0 Å². The van der Waals surface area contributed by atoms with Crippen LogP contribution in [0.15, 0.2) is 34.9 Å². The topological polar surface area (TPSA) is 120 Å². The van der Waals surface area contributed by atoms with Gasteiger partial charge in [-0.15, -0.1) is 0 Å². The summed E-state index contributed by atoms with van der Waals surface area (Å²) in [5.41, 5.74) is 3.76. The molecule has 232 valence electrons. The predicted octanol–water partition coefficient (Wildman–Crippen LogP) is 6.68. The van der Waals surface area contributed by atoms with Crippen molar-refractivity contribution >= 4 is 53.6 Å². The molecule has 3 aromatic heterocycles. The first kappa shape index (κ1) is 30.8. The van der Waals surface area contributed by atoms with Crippen LogP contribution in [0.5, 0.6) is 0 Å². The Morgan fingerprint density at radius 3 is 2.63 bits per heavy atom. The summed E-state index contributed by atoms with van der Waals surface area (Å²) < 4.78 is 19.1. The highest BCUT2D eigenvalue weighted by atomic mass is 28.3. The van der Waals surface area contributed by atoms with Crippen molar-refractivity contribution in [1.29, 1.82) is 0 Å². The zero-order valence-corrected chi connectivity index (χ0v) is 27.5. The van der Waals surface area contributed by atoms with Gasteiger partial charge in [-0.3, -0.25) is 0 Å². The Bertz CT molecular complexity index is 1560. The molecule has 0 atom stereocenters. The van der Waals surface area contributed by atoms with E-state index < -0.39 is 13.7 Å². The average Bonchev–Trinajstić information content (AvgIpc) is 3.52. The van der Waals surface area contributed by atoms with Gasteiger partial charge < -0.3 is 29.4 Å². The zero-order valence-electron chi connectivity index (χ0n) is 26.5. The molecule has 1 aliphatic rings. The molecule has 12 heteroatoms. The van der Waals surface area contributed by atoms with Crippen LogP contribution in [-0.2, 0) is 16.2 Å². The van der Waals surface area contributed by atoms with Crippen LogP contribution in [0, 0.1) is 12.8 Å². The van der Waals surface area contributed by atoms with E-state index >= 15 is 0 Å². The number of alkyl carbamates (subject to hydrolysis) is 1. The smallest absolute Gasteiger partial charge is 0.407 e. The third kappa shape index (κ3) is 8.05. The Hall–Kier alpha value is -3.64. The van der Waals surface area contributed by atoms with Gasteiger partial charge in [0.2, 0.25) is 5.95 Å². The highest BCUT2D eigenvalue weighted by Gasteiger charge is 2.25. The highest BCUT2D eigenvalue weighted by molar-refractivity contribution is 6.76. The lowest BCUT2D eigenvalue weighted by molar-refractivity contribution is 0.0516. The lowest BCUT2D eigenvalue weighted by Crippen LogP contribution is -2.40. The summed E-state index contributed by atoms with van der Waals surface area (Å²) in [6.45, 7) is 18.0. The number of nitrogens with one attached hydrogen (secondary N) is 2. The molecule has 5 rings (SSSR count). The molecular weight excluding hydrogens is 562 g/mol.